The van der Waals surface area contributed by atoms with Crippen molar-refractivity contribution in [3.05, 3.63) is 44.7 Å². The van der Waals surface area contributed by atoms with Crippen LogP contribution in [0.4, 0.5) is 0 Å². The van der Waals surface area contributed by atoms with E-state index in [1.54, 1.807) is 36.6 Å². The minimum atomic E-state index is -0.336. The smallest absolute Gasteiger partial charge is 0.283 e. The summed E-state index contributed by atoms with van der Waals surface area (Å²) in [5.74, 6) is 0.692. The number of carbonyl (C=O) groups is 1. The predicted molar refractivity (Wildman–Crippen MR) is 115 cm³/mol. The van der Waals surface area contributed by atoms with Crippen molar-refractivity contribution in [2.24, 2.45) is 10.9 Å². The van der Waals surface area contributed by atoms with Crippen molar-refractivity contribution < 1.29 is 9.53 Å². The SMILES string of the molecule is COc1ccc(Cl)cc1C(=O)N=c1sc(C(C)(C)C)cn1C[C@@H]1CCCNC1. The van der Waals surface area contributed by atoms with Crippen LogP contribution in [0.5, 0.6) is 5.75 Å². The number of thiazole rings is 1. The molecule has 0 unspecified atom stereocenters. The van der Waals surface area contributed by atoms with Crippen molar-refractivity contribution in [1.29, 1.82) is 0 Å². The Balaban J connectivity index is 2.00. The number of nitrogens with one attached hydrogen (secondary N) is 1. The topological polar surface area (TPSA) is 55.6 Å². The van der Waals surface area contributed by atoms with Gasteiger partial charge in [0.1, 0.15) is 5.75 Å². The lowest BCUT2D eigenvalue weighted by Gasteiger charge is -2.23. The van der Waals surface area contributed by atoms with Crippen LogP contribution in [0, 0.1) is 5.92 Å². The Kier molecular flexibility index (Phi) is 6.63. The molecule has 1 aromatic carbocycles. The van der Waals surface area contributed by atoms with Gasteiger partial charge in [-0.25, -0.2) is 0 Å². The Hall–Kier alpha value is -1.63. The normalized spacial score (nSPS) is 18.3. The van der Waals surface area contributed by atoms with E-state index in [4.69, 9.17) is 16.3 Å². The van der Waals surface area contributed by atoms with Crippen LogP contribution < -0.4 is 14.9 Å². The number of methoxy groups -OCH3 is 1. The molecular formula is C21H28ClN3O2S. The van der Waals surface area contributed by atoms with Crippen LogP contribution in [0.15, 0.2) is 29.4 Å². The summed E-state index contributed by atoms with van der Waals surface area (Å²) >= 11 is 7.66. The number of hydrogen-bond acceptors (Lipinski definition) is 4. The van der Waals surface area contributed by atoms with Gasteiger partial charge in [-0.1, -0.05) is 32.4 Å². The zero-order chi connectivity index (χ0) is 20.3. The average Bonchev–Trinajstić information content (AvgIpc) is 3.05. The molecule has 0 aliphatic carbocycles. The van der Waals surface area contributed by atoms with Crippen molar-refractivity contribution >= 4 is 28.8 Å². The number of halogens is 1. The van der Waals surface area contributed by atoms with Crippen LogP contribution in [0.1, 0.15) is 48.8 Å². The minimum Gasteiger partial charge on any atom is -0.496 e. The van der Waals surface area contributed by atoms with E-state index >= 15 is 0 Å². The van der Waals surface area contributed by atoms with Crippen molar-refractivity contribution in [2.45, 2.75) is 45.6 Å². The Bertz CT molecular complexity index is 905. The molecule has 1 aliphatic heterocycles. The van der Waals surface area contributed by atoms with Crippen molar-refractivity contribution in [1.82, 2.24) is 9.88 Å². The molecule has 1 aromatic heterocycles. The maximum atomic E-state index is 12.9. The Morgan fingerprint density at radius 1 is 1.43 bits per heavy atom. The summed E-state index contributed by atoms with van der Waals surface area (Å²) in [6, 6.07) is 5.01. The number of nitrogens with zero attached hydrogens (tertiary/aromatic N) is 2. The van der Waals surface area contributed by atoms with Gasteiger partial charge in [0.25, 0.3) is 5.91 Å². The first-order valence-electron chi connectivity index (χ1n) is 9.62. The molecule has 0 saturated carbocycles. The fraction of sp³-hybridized carbons (Fsp3) is 0.524. The first-order valence-corrected chi connectivity index (χ1v) is 10.8. The summed E-state index contributed by atoms with van der Waals surface area (Å²) in [6.07, 6.45) is 4.53. The van der Waals surface area contributed by atoms with Crippen molar-refractivity contribution in [2.75, 3.05) is 20.2 Å². The number of rotatable bonds is 4. The van der Waals surface area contributed by atoms with Gasteiger partial charge in [0.05, 0.1) is 12.7 Å². The van der Waals surface area contributed by atoms with Gasteiger partial charge in [-0.3, -0.25) is 4.79 Å². The first kappa shape index (κ1) is 21.1. The summed E-state index contributed by atoms with van der Waals surface area (Å²) in [5, 5.41) is 3.95. The quantitative estimate of drug-likeness (QED) is 0.802. The van der Waals surface area contributed by atoms with E-state index in [0.717, 1.165) is 24.4 Å². The molecule has 0 spiro atoms. The van der Waals surface area contributed by atoms with Gasteiger partial charge in [-0.2, -0.15) is 4.99 Å². The van der Waals surface area contributed by atoms with Crippen LogP contribution in [0.3, 0.4) is 0 Å². The number of carbonyl (C=O) groups excluding carboxylic acids is 1. The van der Waals surface area contributed by atoms with Crippen LogP contribution >= 0.6 is 22.9 Å². The summed E-state index contributed by atoms with van der Waals surface area (Å²) in [6.45, 7) is 9.48. The lowest BCUT2D eigenvalue weighted by atomic mass is 9.95. The van der Waals surface area contributed by atoms with E-state index in [1.165, 1.54) is 17.7 Å². The van der Waals surface area contributed by atoms with Gasteiger partial charge in [-0.05, 0) is 55.5 Å². The number of ether oxygens (including phenoxy) is 1. The van der Waals surface area contributed by atoms with Gasteiger partial charge < -0.3 is 14.6 Å². The third kappa shape index (κ3) is 5.04. The van der Waals surface area contributed by atoms with Crippen LogP contribution in [-0.4, -0.2) is 30.7 Å². The molecule has 1 fully saturated rings. The molecule has 2 aromatic rings. The standard InChI is InChI=1S/C21H28ClN3O2S/c1-21(2,3)18-13-25(12-14-6-5-9-23-11-14)20(28-18)24-19(26)16-10-15(22)7-8-17(16)27-4/h7-8,10,13-14,23H,5-6,9,11-12H2,1-4H3/t14-/m1/s1. The maximum Gasteiger partial charge on any atom is 0.283 e. The number of hydrogen-bond donors (Lipinski definition) is 1. The van der Waals surface area contributed by atoms with Gasteiger partial charge in [0.15, 0.2) is 4.80 Å². The summed E-state index contributed by atoms with van der Waals surface area (Å²) < 4.78 is 7.46. The second kappa shape index (κ2) is 8.80. The second-order valence-electron chi connectivity index (χ2n) is 8.25. The van der Waals surface area contributed by atoms with Crippen molar-refractivity contribution in [3.63, 3.8) is 0 Å². The fourth-order valence-electron chi connectivity index (χ4n) is 3.30. The summed E-state index contributed by atoms with van der Waals surface area (Å²) in [7, 11) is 1.54. The number of piperidine rings is 1. The lowest BCUT2D eigenvalue weighted by Crippen LogP contribution is -2.33. The van der Waals surface area contributed by atoms with E-state index in [1.807, 2.05) is 0 Å². The zero-order valence-electron chi connectivity index (χ0n) is 16.9. The van der Waals surface area contributed by atoms with E-state index in [0.29, 0.717) is 22.3 Å². The monoisotopic (exact) mass is 421 g/mol. The molecule has 1 amide bonds. The Morgan fingerprint density at radius 2 is 2.21 bits per heavy atom. The molecule has 3 rings (SSSR count). The summed E-state index contributed by atoms with van der Waals surface area (Å²) in [5.41, 5.74) is 0.383. The molecule has 0 bridgehead atoms. The molecule has 1 aliphatic rings. The van der Waals surface area contributed by atoms with E-state index in [2.05, 4.69) is 41.8 Å². The molecule has 1 N–H and O–H groups in total. The molecular weight excluding hydrogens is 394 g/mol. The molecule has 1 saturated heterocycles. The summed E-state index contributed by atoms with van der Waals surface area (Å²) in [4.78, 5) is 19.3. The van der Waals surface area contributed by atoms with Gasteiger partial charge in [-0.15, -0.1) is 11.3 Å². The molecule has 28 heavy (non-hydrogen) atoms. The predicted octanol–water partition coefficient (Wildman–Crippen LogP) is 4.25. The Morgan fingerprint density at radius 3 is 2.86 bits per heavy atom. The average molecular weight is 422 g/mol. The highest BCUT2D eigenvalue weighted by molar-refractivity contribution is 7.09. The third-order valence-electron chi connectivity index (χ3n) is 4.90. The molecule has 5 nitrogen and oxygen atoms in total. The highest BCUT2D eigenvalue weighted by Gasteiger charge is 2.21. The van der Waals surface area contributed by atoms with E-state index in [9.17, 15) is 4.79 Å². The molecule has 0 radical (unpaired) electrons. The first-order chi connectivity index (χ1) is 13.3. The van der Waals surface area contributed by atoms with Gasteiger partial charge >= 0.3 is 0 Å². The highest BCUT2D eigenvalue weighted by Crippen LogP contribution is 2.26. The second-order valence-corrected chi connectivity index (χ2v) is 9.70. The fourth-order valence-corrected chi connectivity index (χ4v) is 4.53. The molecule has 1 atom stereocenters. The van der Waals surface area contributed by atoms with Crippen molar-refractivity contribution in [3.8, 4) is 5.75 Å². The van der Waals surface area contributed by atoms with E-state index in [-0.39, 0.29) is 11.3 Å². The largest absolute Gasteiger partial charge is 0.496 e. The lowest BCUT2D eigenvalue weighted by molar-refractivity contribution is 0.0994. The molecule has 7 heteroatoms. The minimum absolute atomic E-state index is 0.00178. The molecule has 2 heterocycles. The third-order valence-corrected chi connectivity index (χ3v) is 6.58. The van der Waals surface area contributed by atoms with E-state index < -0.39 is 0 Å². The maximum absolute atomic E-state index is 12.9. The van der Waals surface area contributed by atoms with Crippen LogP contribution in [0.25, 0.3) is 0 Å². The Labute approximate surface area is 175 Å². The van der Waals surface area contributed by atoms with Crippen LogP contribution in [-0.2, 0) is 12.0 Å². The zero-order valence-corrected chi connectivity index (χ0v) is 18.5. The number of benzene rings is 1. The number of amides is 1. The van der Waals surface area contributed by atoms with Gasteiger partial charge in [0.2, 0.25) is 0 Å². The van der Waals surface area contributed by atoms with Gasteiger partial charge in [0, 0.05) is 22.6 Å². The highest BCUT2D eigenvalue weighted by atomic mass is 35.5. The van der Waals surface area contributed by atoms with Crippen LogP contribution in [0.2, 0.25) is 5.02 Å². The number of aromatic nitrogens is 1. The molecule has 152 valence electrons.